The van der Waals surface area contributed by atoms with Crippen LogP contribution in [0.3, 0.4) is 0 Å². The maximum absolute atomic E-state index is 12.4. The molecule has 0 bridgehead atoms. The van der Waals surface area contributed by atoms with Gasteiger partial charge in [-0.3, -0.25) is 9.59 Å². The first-order valence-corrected chi connectivity index (χ1v) is 10.3. The van der Waals surface area contributed by atoms with Crippen LogP contribution in [0.4, 0.5) is 5.69 Å². The van der Waals surface area contributed by atoms with E-state index in [9.17, 15) is 9.59 Å². The number of amides is 1. The smallest absolute Gasteiger partial charge is 0.234 e. The Labute approximate surface area is 167 Å². The Bertz CT molecular complexity index is 1050. The molecule has 140 valence electrons. The molecule has 0 saturated heterocycles. The number of carbonyl (C=O) groups is 1. The quantitative estimate of drug-likeness (QED) is 0.617. The molecule has 3 aromatic rings. The molecule has 0 aliphatic carbocycles. The van der Waals surface area contributed by atoms with Gasteiger partial charge < -0.3 is 10.3 Å². The van der Waals surface area contributed by atoms with E-state index in [1.54, 1.807) is 18.2 Å². The standard InChI is InChI=1S/C21H21ClN2O2S/c1-3-14-5-7-18-17(8-14)20(25)10-16(23-18)11-27-12-21(26)24-19-9-15(22)6-4-13(19)2/h4-10H,3,11-12H2,1-2H3,(H,23,25)(H,24,26). The molecule has 0 aliphatic rings. The van der Waals surface area contributed by atoms with Crippen LogP contribution >= 0.6 is 23.4 Å². The summed E-state index contributed by atoms with van der Waals surface area (Å²) in [5.41, 5.74) is 4.47. The fraction of sp³-hybridized carbons (Fsp3) is 0.238. The summed E-state index contributed by atoms with van der Waals surface area (Å²) >= 11 is 7.43. The van der Waals surface area contributed by atoms with Crippen molar-refractivity contribution in [2.24, 2.45) is 0 Å². The molecule has 0 atom stereocenters. The summed E-state index contributed by atoms with van der Waals surface area (Å²) in [7, 11) is 0. The number of aryl methyl sites for hydroxylation is 2. The number of H-pyrrole nitrogens is 1. The van der Waals surface area contributed by atoms with Gasteiger partial charge in [0.25, 0.3) is 0 Å². The number of rotatable bonds is 6. The predicted molar refractivity (Wildman–Crippen MR) is 115 cm³/mol. The van der Waals surface area contributed by atoms with Crippen molar-refractivity contribution in [3.8, 4) is 0 Å². The third kappa shape index (κ3) is 4.93. The van der Waals surface area contributed by atoms with Gasteiger partial charge in [-0.2, -0.15) is 0 Å². The average molecular weight is 401 g/mol. The van der Waals surface area contributed by atoms with Gasteiger partial charge in [0, 0.05) is 39.1 Å². The first-order valence-electron chi connectivity index (χ1n) is 8.75. The normalized spacial score (nSPS) is 10.9. The number of hydrogen-bond donors (Lipinski definition) is 2. The van der Waals surface area contributed by atoms with E-state index < -0.39 is 0 Å². The summed E-state index contributed by atoms with van der Waals surface area (Å²) in [6, 6.07) is 12.9. The van der Waals surface area contributed by atoms with Gasteiger partial charge in [0.15, 0.2) is 5.43 Å². The Balaban J connectivity index is 1.62. The second-order valence-corrected chi connectivity index (χ2v) is 7.81. The molecule has 0 fully saturated rings. The van der Waals surface area contributed by atoms with Crippen molar-refractivity contribution in [2.75, 3.05) is 11.1 Å². The van der Waals surface area contributed by atoms with Gasteiger partial charge in [-0.15, -0.1) is 11.8 Å². The highest BCUT2D eigenvalue weighted by Gasteiger charge is 2.08. The third-order valence-corrected chi connectivity index (χ3v) is 5.54. The van der Waals surface area contributed by atoms with Crippen molar-refractivity contribution in [1.29, 1.82) is 0 Å². The lowest BCUT2D eigenvalue weighted by Crippen LogP contribution is -2.15. The van der Waals surface area contributed by atoms with Crippen LogP contribution in [0.5, 0.6) is 0 Å². The molecule has 1 aromatic heterocycles. The number of benzene rings is 2. The second kappa shape index (κ2) is 8.63. The summed E-state index contributed by atoms with van der Waals surface area (Å²) in [6.45, 7) is 3.99. The van der Waals surface area contributed by atoms with E-state index in [4.69, 9.17) is 11.6 Å². The number of fused-ring (bicyclic) bond motifs is 1. The van der Waals surface area contributed by atoms with Crippen molar-refractivity contribution >= 4 is 45.9 Å². The van der Waals surface area contributed by atoms with Gasteiger partial charge in [-0.1, -0.05) is 30.7 Å². The molecular formula is C21H21ClN2O2S. The molecule has 0 unspecified atom stereocenters. The van der Waals surface area contributed by atoms with Crippen molar-refractivity contribution in [3.63, 3.8) is 0 Å². The van der Waals surface area contributed by atoms with Crippen molar-refractivity contribution < 1.29 is 4.79 Å². The van der Waals surface area contributed by atoms with E-state index in [0.717, 1.165) is 34.4 Å². The monoisotopic (exact) mass is 400 g/mol. The number of pyridine rings is 1. The van der Waals surface area contributed by atoms with Crippen LogP contribution in [0.15, 0.2) is 47.3 Å². The van der Waals surface area contributed by atoms with E-state index in [1.807, 2.05) is 31.2 Å². The summed E-state index contributed by atoms with van der Waals surface area (Å²) in [5, 5.41) is 4.17. The third-order valence-electron chi connectivity index (χ3n) is 4.32. The Kier molecular flexibility index (Phi) is 6.24. The minimum absolute atomic E-state index is 0.00801. The number of anilines is 1. The van der Waals surface area contributed by atoms with Gasteiger partial charge >= 0.3 is 0 Å². The topological polar surface area (TPSA) is 62.0 Å². The van der Waals surface area contributed by atoms with E-state index in [0.29, 0.717) is 21.9 Å². The molecular weight excluding hydrogens is 380 g/mol. The molecule has 27 heavy (non-hydrogen) atoms. The number of halogens is 1. The fourth-order valence-corrected chi connectivity index (χ4v) is 3.72. The van der Waals surface area contributed by atoms with E-state index in [1.165, 1.54) is 11.8 Å². The zero-order valence-corrected chi connectivity index (χ0v) is 16.8. The second-order valence-electron chi connectivity index (χ2n) is 6.39. The van der Waals surface area contributed by atoms with E-state index in [-0.39, 0.29) is 11.3 Å². The summed E-state index contributed by atoms with van der Waals surface area (Å²) < 4.78 is 0. The molecule has 2 aromatic carbocycles. The van der Waals surface area contributed by atoms with Crippen LogP contribution in [0.25, 0.3) is 10.9 Å². The van der Waals surface area contributed by atoms with E-state index in [2.05, 4.69) is 17.2 Å². The molecule has 0 radical (unpaired) electrons. The molecule has 0 spiro atoms. The highest BCUT2D eigenvalue weighted by Crippen LogP contribution is 2.21. The van der Waals surface area contributed by atoms with Crippen LogP contribution in [0.1, 0.15) is 23.7 Å². The highest BCUT2D eigenvalue weighted by atomic mass is 35.5. The number of carbonyl (C=O) groups excluding carboxylic acids is 1. The van der Waals surface area contributed by atoms with Crippen LogP contribution in [0.2, 0.25) is 5.02 Å². The Morgan fingerprint density at radius 3 is 2.78 bits per heavy atom. The SMILES string of the molecule is CCc1ccc2[nH]c(CSCC(=O)Nc3cc(Cl)ccc3C)cc(=O)c2c1. The van der Waals surface area contributed by atoms with Gasteiger partial charge in [-0.05, 0) is 48.7 Å². The first kappa shape index (κ1) is 19.5. The fourth-order valence-electron chi connectivity index (χ4n) is 2.82. The summed E-state index contributed by atoms with van der Waals surface area (Å²) in [6.07, 6.45) is 0.897. The Morgan fingerprint density at radius 1 is 1.19 bits per heavy atom. The van der Waals surface area contributed by atoms with Crippen molar-refractivity contribution in [1.82, 2.24) is 4.98 Å². The lowest BCUT2D eigenvalue weighted by molar-refractivity contribution is -0.113. The number of nitrogens with one attached hydrogen (secondary N) is 2. The molecule has 0 aliphatic heterocycles. The van der Waals surface area contributed by atoms with Crippen molar-refractivity contribution in [2.45, 2.75) is 26.0 Å². The first-order chi connectivity index (χ1) is 13.0. The maximum atomic E-state index is 12.4. The Morgan fingerprint density at radius 2 is 2.00 bits per heavy atom. The minimum Gasteiger partial charge on any atom is -0.357 e. The van der Waals surface area contributed by atoms with Gasteiger partial charge in [0.1, 0.15) is 0 Å². The van der Waals surface area contributed by atoms with Crippen LogP contribution in [-0.2, 0) is 17.0 Å². The van der Waals surface area contributed by atoms with Crippen molar-refractivity contribution in [3.05, 3.63) is 74.5 Å². The van der Waals surface area contributed by atoms with Gasteiger partial charge in [-0.25, -0.2) is 0 Å². The molecule has 0 saturated carbocycles. The summed E-state index contributed by atoms with van der Waals surface area (Å²) in [4.78, 5) is 27.8. The van der Waals surface area contributed by atoms with Gasteiger partial charge in [0.2, 0.25) is 5.91 Å². The molecule has 3 rings (SSSR count). The average Bonchev–Trinajstić information content (AvgIpc) is 2.64. The van der Waals surface area contributed by atoms with Crippen LogP contribution < -0.4 is 10.7 Å². The van der Waals surface area contributed by atoms with Gasteiger partial charge in [0.05, 0.1) is 5.75 Å². The lowest BCUT2D eigenvalue weighted by Gasteiger charge is -2.09. The van der Waals surface area contributed by atoms with Crippen LogP contribution in [-0.4, -0.2) is 16.6 Å². The molecule has 2 N–H and O–H groups in total. The predicted octanol–water partition coefficient (Wildman–Crippen LogP) is 4.92. The Hall–Kier alpha value is -2.24. The number of hydrogen-bond acceptors (Lipinski definition) is 3. The number of aromatic nitrogens is 1. The lowest BCUT2D eigenvalue weighted by atomic mass is 10.1. The molecule has 1 amide bonds. The van der Waals surface area contributed by atoms with Crippen LogP contribution in [0, 0.1) is 6.92 Å². The zero-order valence-electron chi connectivity index (χ0n) is 15.3. The zero-order chi connectivity index (χ0) is 19.4. The highest BCUT2D eigenvalue weighted by molar-refractivity contribution is 7.99. The molecule has 1 heterocycles. The molecule has 4 nitrogen and oxygen atoms in total. The minimum atomic E-state index is -0.0962. The number of thioether (sulfide) groups is 1. The summed E-state index contributed by atoms with van der Waals surface area (Å²) in [5.74, 6) is 0.754. The largest absolute Gasteiger partial charge is 0.357 e. The molecule has 6 heteroatoms. The number of aromatic amines is 1. The maximum Gasteiger partial charge on any atom is 0.234 e. The van der Waals surface area contributed by atoms with E-state index >= 15 is 0 Å².